The van der Waals surface area contributed by atoms with Crippen molar-refractivity contribution >= 4 is 11.9 Å². The zero-order valence-corrected chi connectivity index (χ0v) is 17.5. The standard InChI is InChI=1S/C21H35N3O3/c1-6-24(7-2)13-9-11-18(4)22-21(27-15-14-26-5)23-20(25)19-12-8-10-17(3)16-19/h8,10,12,16,18H,6-7,9,11,13-15H2,1-5H3,(H,22,23,25)/t18-/m1/s1. The van der Waals surface area contributed by atoms with Gasteiger partial charge in [0.05, 0.1) is 12.6 Å². The van der Waals surface area contributed by atoms with Crippen molar-refractivity contribution in [1.82, 2.24) is 10.2 Å². The molecule has 0 unspecified atom stereocenters. The summed E-state index contributed by atoms with van der Waals surface area (Å²) in [6.07, 6.45) is 2.00. The normalized spacial score (nSPS) is 12.9. The molecule has 1 rings (SSSR count). The summed E-state index contributed by atoms with van der Waals surface area (Å²) in [4.78, 5) is 19.5. The van der Waals surface area contributed by atoms with E-state index in [1.54, 1.807) is 13.2 Å². The van der Waals surface area contributed by atoms with E-state index < -0.39 is 0 Å². The topological polar surface area (TPSA) is 63.2 Å². The number of hydrogen-bond donors (Lipinski definition) is 1. The van der Waals surface area contributed by atoms with Crippen molar-refractivity contribution in [2.75, 3.05) is 40.0 Å². The largest absolute Gasteiger partial charge is 0.463 e. The first-order valence-corrected chi connectivity index (χ1v) is 9.80. The second-order valence-corrected chi connectivity index (χ2v) is 6.62. The lowest BCUT2D eigenvalue weighted by Gasteiger charge is -2.18. The van der Waals surface area contributed by atoms with E-state index in [0.29, 0.717) is 18.8 Å². The highest BCUT2D eigenvalue weighted by Crippen LogP contribution is 2.06. The summed E-state index contributed by atoms with van der Waals surface area (Å²) in [6, 6.07) is 7.77. The molecule has 152 valence electrons. The molecule has 0 saturated heterocycles. The van der Waals surface area contributed by atoms with Crippen LogP contribution in [-0.2, 0) is 9.47 Å². The van der Waals surface area contributed by atoms with Crippen LogP contribution in [-0.4, -0.2) is 62.8 Å². The molecule has 1 amide bonds. The highest BCUT2D eigenvalue weighted by molar-refractivity contribution is 6.04. The molecule has 0 saturated carbocycles. The summed E-state index contributed by atoms with van der Waals surface area (Å²) in [5.74, 6) is -0.217. The lowest BCUT2D eigenvalue weighted by molar-refractivity contribution is 0.0953. The second-order valence-electron chi connectivity index (χ2n) is 6.62. The number of amides is 1. The van der Waals surface area contributed by atoms with E-state index in [-0.39, 0.29) is 18.0 Å². The average Bonchev–Trinajstić information content (AvgIpc) is 2.65. The minimum absolute atomic E-state index is 0.0657. The van der Waals surface area contributed by atoms with Gasteiger partial charge in [0.25, 0.3) is 11.9 Å². The minimum Gasteiger partial charge on any atom is -0.463 e. The van der Waals surface area contributed by atoms with E-state index in [9.17, 15) is 4.79 Å². The van der Waals surface area contributed by atoms with Crippen LogP contribution in [0, 0.1) is 6.92 Å². The molecule has 1 aromatic carbocycles. The Morgan fingerprint density at radius 1 is 1.26 bits per heavy atom. The molecule has 0 fully saturated rings. The van der Waals surface area contributed by atoms with Crippen LogP contribution in [0.2, 0.25) is 0 Å². The van der Waals surface area contributed by atoms with E-state index in [0.717, 1.165) is 38.0 Å². The number of amidine groups is 1. The van der Waals surface area contributed by atoms with Gasteiger partial charge >= 0.3 is 0 Å². The van der Waals surface area contributed by atoms with E-state index in [4.69, 9.17) is 9.47 Å². The number of hydrogen-bond acceptors (Lipinski definition) is 5. The SMILES string of the molecule is CCN(CC)CCC[C@@H](C)N=C(NC(=O)c1cccc(C)c1)OCCOC. The molecule has 0 aliphatic heterocycles. The number of nitrogens with zero attached hydrogens (tertiary/aromatic N) is 2. The number of ether oxygens (including phenoxy) is 2. The summed E-state index contributed by atoms with van der Waals surface area (Å²) in [6.45, 7) is 12.3. The van der Waals surface area contributed by atoms with Gasteiger partial charge in [-0.3, -0.25) is 10.1 Å². The number of carbonyl (C=O) groups excluding carboxylic acids is 1. The van der Waals surface area contributed by atoms with Crippen LogP contribution >= 0.6 is 0 Å². The van der Waals surface area contributed by atoms with Gasteiger partial charge in [0, 0.05) is 12.7 Å². The van der Waals surface area contributed by atoms with Crippen molar-refractivity contribution in [3.05, 3.63) is 35.4 Å². The van der Waals surface area contributed by atoms with Gasteiger partial charge in [-0.05, 0) is 58.5 Å². The third kappa shape index (κ3) is 9.54. The number of aryl methyl sites for hydroxylation is 1. The third-order valence-electron chi connectivity index (χ3n) is 4.36. The van der Waals surface area contributed by atoms with Crippen molar-refractivity contribution < 1.29 is 14.3 Å². The molecule has 6 nitrogen and oxygen atoms in total. The van der Waals surface area contributed by atoms with Crippen LogP contribution in [0.3, 0.4) is 0 Å². The Bertz CT molecular complexity index is 586. The first kappa shape index (κ1) is 23.1. The minimum atomic E-state index is -0.217. The lowest BCUT2D eigenvalue weighted by atomic mass is 10.1. The molecule has 0 radical (unpaired) electrons. The Labute approximate surface area is 163 Å². The fourth-order valence-electron chi connectivity index (χ4n) is 2.70. The summed E-state index contributed by atoms with van der Waals surface area (Å²) in [5, 5.41) is 2.79. The summed E-state index contributed by atoms with van der Waals surface area (Å²) < 4.78 is 10.6. The number of methoxy groups -OCH3 is 1. The van der Waals surface area contributed by atoms with Gasteiger partial charge in [-0.15, -0.1) is 0 Å². The first-order chi connectivity index (χ1) is 13.0. The van der Waals surface area contributed by atoms with Crippen LogP contribution in [0.15, 0.2) is 29.3 Å². The average molecular weight is 378 g/mol. The Hall–Kier alpha value is -1.92. The molecule has 6 heteroatoms. The zero-order valence-electron chi connectivity index (χ0n) is 17.5. The quantitative estimate of drug-likeness (QED) is 0.365. The predicted molar refractivity (Wildman–Crippen MR) is 110 cm³/mol. The van der Waals surface area contributed by atoms with Crippen LogP contribution in [0.4, 0.5) is 0 Å². The van der Waals surface area contributed by atoms with Crippen molar-refractivity contribution in [3.63, 3.8) is 0 Å². The van der Waals surface area contributed by atoms with Crippen LogP contribution < -0.4 is 5.32 Å². The summed E-state index contributed by atoms with van der Waals surface area (Å²) in [7, 11) is 1.61. The zero-order chi connectivity index (χ0) is 20.1. The van der Waals surface area contributed by atoms with Gasteiger partial charge < -0.3 is 14.4 Å². The molecule has 0 heterocycles. The van der Waals surface area contributed by atoms with Crippen LogP contribution in [0.25, 0.3) is 0 Å². The molecule has 1 atom stereocenters. The van der Waals surface area contributed by atoms with E-state index >= 15 is 0 Å². The molecule has 1 N–H and O–H groups in total. The maximum atomic E-state index is 12.5. The van der Waals surface area contributed by atoms with Crippen LogP contribution in [0.1, 0.15) is 49.5 Å². The smallest absolute Gasteiger partial charge is 0.292 e. The molecular weight excluding hydrogens is 342 g/mol. The highest BCUT2D eigenvalue weighted by atomic mass is 16.5. The number of nitrogens with one attached hydrogen (secondary N) is 1. The van der Waals surface area contributed by atoms with E-state index in [1.165, 1.54) is 0 Å². The Morgan fingerprint density at radius 2 is 2.00 bits per heavy atom. The van der Waals surface area contributed by atoms with E-state index in [1.807, 2.05) is 32.0 Å². The number of aliphatic imine (C=N–C) groups is 1. The maximum absolute atomic E-state index is 12.5. The molecule has 0 spiro atoms. The molecular formula is C21H35N3O3. The lowest BCUT2D eigenvalue weighted by Crippen LogP contribution is -2.34. The third-order valence-corrected chi connectivity index (χ3v) is 4.36. The first-order valence-electron chi connectivity index (χ1n) is 9.80. The Balaban J connectivity index is 2.68. The fourth-order valence-corrected chi connectivity index (χ4v) is 2.70. The van der Waals surface area contributed by atoms with Gasteiger partial charge in [-0.25, -0.2) is 4.99 Å². The molecule has 27 heavy (non-hydrogen) atoms. The van der Waals surface area contributed by atoms with Crippen molar-refractivity contribution in [3.8, 4) is 0 Å². The van der Waals surface area contributed by atoms with Gasteiger partial charge in [-0.1, -0.05) is 31.5 Å². The molecule has 0 aliphatic carbocycles. The summed E-state index contributed by atoms with van der Waals surface area (Å²) >= 11 is 0. The van der Waals surface area contributed by atoms with Crippen molar-refractivity contribution in [1.29, 1.82) is 0 Å². The fraction of sp³-hybridized carbons (Fsp3) is 0.619. The molecule has 0 aliphatic rings. The Kier molecular flexibility index (Phi) is 11.4. The number of benzene rings is 1. The van der Waals surface area contributed by atoms with Crippen molar-refractivity contribution in [2.45, 2.75) is 46.6 Å². The van der Waals surface area contributed by atoms with Gasteiger partial charge in [0.15, 0.2) is 0 Å². The number of rotatable bonds is 11. The van der Waals surface area contributed by atoms with Gasteiger partial charge in [0.1, 0.15) is 6.61 Å². The maximum Gasteiger partial charge on any atom is 0.292 e. The van der Waals surface area contributed by atoms with E-state index in [2.05, 4.69) is 29.1 Å². The number of carbonyl (C=O) groups is 1. The highest BCUT2D eigenvalue weighted by Gasteiger charge is 2.12. The van der Waals surface area contributed by atoms with Crippen molar-refractivity contribution in [2.24, 2.45) is 4.99 Å². The van der Waals surface area contributed by atoms with Gasteiger partial charge in [-0.2, -0.15) is 0 Å². The summed E-state index contributed by atoms with van der Waals surface area (Å²) in [5.41, 5.74) is 1.62. The Morgan fingerprint density at radius 3 is 2.63 bits per heavy atom. The predicted octanol–water partition coefficient (Wildman–Crippen LogP) is 3.25. The van der Waals surface area contributed by atoms with Crippen LogP contribution in [0.5, 0.6) is 0 Å². The molecule has 0 bridgehead atoms. The molecule has 0 aromatic heterocycles. The van der Waals surface area contributed by atoms with Gasteiger partial charge in [0.2, 0.25) is 0 Å². The second kappa shape index (κ2) is 13.3. The monoisotopic (exact) mass is 377 g/mol. The molecule has 1 aromatic rings.